The van der Waals surface area contributed by atoms with Crippen molar-refractivity contribution >= 4 is 17.5 Å². The molecule has 0 bridgehead atoms. The van der Waals surface area contributed by atoms with E-state index in [0.29, 0.717) is 10.9 Å². The van der Waals surface area contributed by atoms with E-state index in [9.17, 15) is 4.79 Å². The highest BCUT2D eigenvalue weighted by Crippen LogP contribution is 2.28. The fraction of sp³-hybridized carbons (Fsp3) is 0.308. The van der Waals surface area contributed by atoms with Gasteiger partial charge in [-0.1, -0.05) is 13.8 Å². The van der Waals surface area contributed by atoms with Gasteiger partial charge in [0.25, 0.3) is 5.19 Å². The molecule has 6 heteroatoms. The Bertz CT molecular complexity index is 608. The zero-order valence-electron chi connectivity index (χ0n) is 10.9. The molecule has 0 saturated carbocycles. The molecule has 0 radical (unpaired) electrons. The first-order valence-corrected chi connectivity index (χ1v) is 6.60. The quantitative estimate of drug-likeness (QED) is 0.927. The van der Waals surface area contributed by atoms with Gasteiger partial charge >= 0.3 is 5.97 Å². The number of aromatic nitrogens is 2. The number of hydrogen-bond acceptors (Lipinski definition) is 5. The molecule has 0 saturated heterocycles. The number of carboxylic acid groups (broad SMARTS) is 1. The first-order chi connectivity index (χ1) is 8.97. The predicted octanol–water partition coefficient (Wildman–Crippen LogP) is 3.46. The fourth-order valence-corrected chi connectivity index (χ4v) is 2.17. The van der Waals surface area contributed by atoms with Crippen molar-refractivity contribution in [2.45, 2.75) is 26.7 Å². The first-order valence-electron chi connectivity index (χ1n) is 5.82. The van der Waals surface area contributed by atoms with Crippen LogP contribution in [0.2, 0.25) is 0 Å². The summed E-state index contributed by atoms with van der Waals surface area (Å²) in [6.07, 6.45) is 0. The number of aromatic carboxylic acids is 1. The van der Waals surface area contributed by atoms with Gasteiger partial charge in [-0.25, -0.2) is 4.79 Å². The average Bonchev–Trinajstić information content (AvgIpc) is 2.80. The Hall–Kier alpha value is -1.95. The summed E-state index contributed by atoms with van der Waals surface area (Å²) in [4.78, 5) is 15.1. The van der Waals surface area contributed by atoms with Gasteiger partial charge in [0, 0.05) is 17.5 Å². The summed E-state index contributed by atoms with van der Waals surface area (Å²) < 4.78 is 9.83. The molecular weight excluding hydrogens is 264 g/mol. The Morgan fingerprint density at radius 1 is 1.42 bits per heavy atom. The molecule has 0 aliphatic heterocycles. The van der Waals surface area contributed by atoms with Crippen molar-refractivity contribution in [1.82, 2.24) is 9.36 Å². The first kappa shape index (κ1) is 13.5. The Morgan fingerprint density at radius 2 is 2.16 bits per heavy atom. The van der Waals surface area contributed by atoms with Gasteiger partial charge in [0.05, 0.1) is 5.56 Å². The van der Waals surface area contributed by atoms with E-state index < -0.39 is 5.97 Å². The van der Waals surface area contributed by atoms with E-state index in [1.54, 1.807) is 19.1 Å². The highest BCUT2D eigenvalue weighted by Gasteiger charge is 2.11. The summed E-state index contributed by atoms with van der Waals surface area (Å²) in [5, 5.41) is 9.36. The van der Waals surface area contributed by atoms with E-state index in [2.05, 4.69) is 9.36 Å². The van der Waals surface area contributed by atoms with E-state index in [1.165, 1.54) is 17.6 Å². The summed E-state index contributed by atoms with van der Waals surface area (Å²) in [5.74, 6) is 0.646. The molecule has 1 aromatic heterocycles. The van der Waals surface area contributed by atoms with Crippen molar-refractivity contribution in [3.05, 3.63) is 35.2 Å². The maximum atomic E-state index is 10.8. The summed E-state index contributed by atoms with van der Waals surface area (Å²) in [7, 11) is 0. The summed E-state index contributed by atoms with van der Waals surface area (Å²) >= 11 is 1.19. The standard InChI is InChI=1S/C13H14N2O3S/c1-7(2)11-14-13(19-15-11)18-10-5-4-9(12(16)17)6-8(10)3/h4-7H,1-3H3,(H,16,17). The lowest BCUT2D eigenvalue weighted by atomic mass is 10.1. The van der Waals surface area contributed by atoms with Gasteiger partial charge in [-0.15, -0.1) is 0 Å². The molecule has 1 N–H and O–H groups in total. The molecule has 1 heterocycles. The number of nitrogens with zero attached hydrogens (tertiary/aromatic N) is 2. The third-order valence-electron chi connectivity index (χ3n) is 2.56. The van der Waals surface area contributed by atoms with Crippen LogP contribution in [0.15, 0.2) is 18.2 Å². The van der Waals surface area contributed by atoms with Gasteiger partial charge in [0.2, 0.25) is 0 Å². The van der Waals surface area contributed by atoms with Crippen LogP contribution in [-0.2, 0) is 0 Å². The van der Waals surface area contributed by atoms with E-state index in [0.717, 1.165) is 11.4 Å². The molecular formula is C13H14N2O3S. The number of aryl methyl sites for hydroxylation is 1. The summed E-state index contributed by atoms with van der Waals surface area (Å²) in [6.45, 7) is 5.82. The number of carboxylic acids is 1. The van der Waals surface area contributed by atoms with Crippen molar-refractivity contribution in [3.8, 4) is 10.9 Å². The third-order valence-corrected chi connectivity index (χ3v) is 3.17. The molecule has 100 valence electrons. The predicted molar refractivity (Wildman–Crippen MR) is 72.2 cm³/mol. The van der Waals surface area contributed by atoms with E-state index in [-0.39, 0.29) is 11.5 Å². The lowest BCUT2D eigenvalue weighted by molar-refractivity contribution is 0.0697. The van der Waals surface area contributed by atoms with Crippen LogP contribution in [0.25, 0.3) is 0 Å². The lowest BCUT2D eigenvalue weighted by Crippen LogP contribution is -1.97. The maximum absolute atomic E-state index is 10.8. The fourth-order valence-electron chi connectivity index (χ4n) is 1.49. The van der Waals surface area contributed by atoms with Crippen LogP contribution in [0, 0.1) is 6.92 Å². The van der Waals surface area contributed by atoms with Crippen molar-refractivity contribution in [1.29, 1.82) is 0 Å². The van der Waals surface area contributed by atoms with E-state index >= 15 is 0 Å². The van der Waals surface area contributed by atoms with Gasteiger partial charge in [0.1, 0.15) is 11.6 Å². The van der Waals surface area contributed by atoms with Crippen LogP contribution in [0.4, 0.5) is 0 Å². The minimum Gasteiger partial charge on any atom is -0.478 e. The molecule has 2 aromatic rings. The van der Waals surface area contributed by atoms with E-state index in [4.69, 9.17) is 9.84 Å². The smallest absolute Gasteiger partial charge is 0.335 e. The molecule has 0 fully saturated rings. The SMILES string of the molecule is Cc1cc(C(=O)O)ccc1Oc1nc(C(C)C)ns1. The summed E-state index contributed by atoms with van der Waals surface area (Å²) in [5.41, 5.74) is 0.992. The molecule has 0 aliphatic rings. The van der Waals surface area contributed by atoms with Crippen LogP contribution in [-0.4, -0.2) is 20.4 Å². The third kappa shape index (κ3) is 3.08. The minimum atomic E-state index is -0.951. The van der Waals surface area contributed by atoms with Crippen LogP contribution < -0.4 is 4.74 Å². The topological polar surface area (TPSA) is 72.3 Å². The van der Waals surface area contributed by atoms with Crippen LogP contribution in [0.3, 0.4) is 0 Å². The highest BCUT2D eigenvalue weighted by molar-refractivity contribution is 7.07. The van der Waals surface area contributed by atoms with Gasteiger partial charge in [-0.2, -0.15) is 9.36 Å². The monoisotopic (exact) mass is 278 g/mol. The Kier molecular flexibility index (Phi) is 3.80. The molecule has 19 heavy (non-hydrogen) atoms. The van der Waals surface area contributed by atoms with Gasteiger partial charge in [0.15, 0.2) is 0 Å². The Balaban J connectivity index is 2.20. The van der Waals surface area contributed by atoms with Crippen molar-refractivity contribution < 1.29 is 14.6 Å². The number of ether oxygens (including phenoxy) is 1. The molecule has 0 amide bonds. The minimum absolute atomic E-state index is 0.241. The van der Waals surface area contributed by atoms with E-state index in [1.807, 2.05) is 13.8 Å². The van der Waals surface area contributed by atoms with Gasteiger partial charge < -0.3 is 9.84 Å². The molecule has 0 atom stereocenters. The molecule has 5 nitrogen and oxygen atoms in total. The van der Waals surface area contributed by atoms with Crippen molar-refractivity contribution in [2.24, 2.45) is 0 Å². The normalized spacial score (nSPS) is 10.7. The second-order valence-corrected chi connectivity index (χ2v) is 5.18. The number of rotatable bonds is 4. The van der Waals surface area contributed by atoms with Crippen molar-refractivity contribution in [2.75, 3.05) is 0 Å². The molecule has 0 spiro atoms. The Morgan fingerprint density at radius 3 is 2.68 bits per heavy atom. The molecule has 0 unspecified atom stereocenters. The highest BCUT2D eigenvalue weighted by atomic mass is 32.1. The van der Waals surface area contributed by atoms with Gasteiger partial charge in [-0.05, 0) is 30.7 Å². The zero-order valence-corrected chi connectivity index (χ0v) is 11.7. The van der Waals surface area contributed by atoms with Crippen LogP contribution in [0.1, 0.15) is 41.5 Å². The van der Waals surface area contributed by atoms with Crippen LogP contribution >= 0.6 is 11.5 Å². The van der Waals surface area contributed by atoms with Gasteiger partial charge in [-0.3, -0.25) is 0 Å². The zero-order chi connectivity index (χ0) is 14.0. The molecule has 0 aliphatic carbocycles. The largest absolute Gasteiger partial charge is 0.478 e. The second-order valence-electron chi connectivity index (χ2n) is 4.46. The number of hydrogen-bond donors (Lipinski definition) is 1. The second kappa shape index (κ2) is 5.36. The summed E-state index contributed by atoms with van der Waals surface area (Å²) in [6, 6.07) is 4.71. The molecule has 2 rings (SSSR count). The maximum Gasteiger partial charge on any atom is 0.335 e. The Labute approximate surface area is 115 Å². The number of benzene rings is 1. The van der Waals surface area contributed by atoms with Crippen LogP contribution in [0.5, 0.6) is 10.9 Å². The number of carbonyl (C=O) groups is 1. The lowest BCUT2D eigenvalue weighted by Gasteiger charge is -2.06. The average molecular weight is 278 g/mol. The molecule has 1 aromatic carbocycles. The van der Waals surface area contributed by atoms with Crippen molar-refractivity contribution in [3.63, 3.8) is 0 Å².